The summed E-state index contributed by atoms with van der Waals surface area (Å²) in [7, 11) is 0. The normalized spacial score (nSPS) is 56.8. The number of ether oxygens (including phenoxy) is 5. The van der Waals surface area contributed by atoms with Gasteiger partial charge in [-0.3, -0.25) is 0 Å². The second-order valence-corrected chi connectivity index (χ2v) is 20.8. The molecule has 4 saturated carbocycles. The predicted octanol–water partition coefficient (Wildman–Crippen LogP) is 0.970. The Morgan fingerprint density at radius 1 is 0.745 bits per heavy atom. The minimum absolute atomic E-state index is 0.0590. The van der Waals surface area contributed by atoms with Crippen LogP contribution >= 0.6 is 0 Å². The number of aliphatic hydroxyl groups excluding tert-OH is 8. The molecule has 55 heavy (non-hydrogen) atoms. The van der Waals surface area contributed by atoms with Crippen LogP contribution < -0.4 is 0 Å². The second kappa shape index (κ2) is 14.3. The van der Waals surface area contributed by atoms with Crippen molar-refractivity contribution >= 4 is 0 Å². The first kappa shape index (κ1) is 42.6. The summed E-state index contributed by atoms with van der Waals surface area (Å²) in [5, 5.41) is 98.7. The predicted molar refractivity (Wildman–Crippen MR) is 196 cm³/mol. The molecule has 4 aliphatic carbocycles. The van der Waals surface area contributed by atoms with Gasteiger partial charge in [0.05, 0.1) is 48.8 Å². The number of hydrogen-bond donors (Lipinski definition) is 9. The molecule has 0 radical (unpaired) electrons. The topological polar surface area (TPSA) is 228 Å². The molecule has 0 aromatic rings. The van der Waals surface area contributed by atoms with Crippen molar-refractivity contribution in [1.82, 2.24) is 0 Å². The molecule has 0 bridgehead atoms. The van der Waals surface area contributed by atoms with Crippen molar-refractivity contribution in [3.63, 3.8) is 0 Å². The summed E-state index contributed by atoms with van der Waals surface area (Å²) in [6, 6.07) is 0. The van der Waals surface area contributed by atoms with Crippen molar-refractivity contribution in [3.8, 4) is 0 Å². The molecule has 7 fully saturated rings. The standard InChI is InChI=1S/C41H70O14/c1-36(2)25(45)10-12-38(5)24-15-20(43)27-19(41(8)14-11-26(55-41)37(3,4)50)9-13-39(27,6)40(24,7)16-22(33(36)38)52-35-32(30(48)29(47)23(17-42)53-35)54-34-31(49)28(46)21(44)18-51-34/h19-35,42-50H,9-18H2,1-8H3/t19?,20?,21-,22?,23-,24?,25?,26?,27?,28+,29-,30+,31-,32-,33?,34+,35-,38?,39?,40?,41?/m1/s1. The Balaban J connectivity index is 1.25. The molecule has 14 heteroatoms. The van der Waals surface area contributed by atoms with Gasteiger partial charge in [0.25, 0.3) is 0 Å². The van der Waals surface area contributed by atoms with E-state index in [0.717, 1.165) is 25.7 Å². The Bertz CT molecular complexity index is 1390. The van der Waals surface area contributed by atoms with Crippen LogP contribution in [0.5, 0.6) is 0 Å². The lowest BCUT2D eigenvalue weighted by Crippen LogP contribution is -2.71. The van der Waals surface area contributed by atoms with Crippen molar-refractivity contribution in [1.29, 1.82) is 0 Å². The highest BCUT2D eigenvalue weighted by Gasteiger charge is 2.74. The van der Waals surface area contributed by atoms with Gasteiger partial charge in [0, 0.05) is 0 Å². The van der Waals surface area contributed by atoms with Gasteiger partial charge < -0.3 is 69.6 Å². The van der Waals surface area contributed by atoms with Gasteiger partial charge in [0.2, 0.25) is 0 Å². The van der Waals surface area contributed by atoms with Crippen molar-refractivity contribution in [2.75, 3.05) is 13.2 Å². The molecule has 3 heterocycles. The molecule has 12 unspecified atom stereocenters. The fraction of sp³-hybridized carbons (Fsp3) is 1.00. The molecule has 318 valence electrons. The SMILES string of the molecule is CC(C)(O)C1CCC(C)(C2CCC3(C)C2C(O)CC2C4(C)CCC(O)C(C)(C)C4C(O[C@@H]4O[C@H](CO)[C@@H](O)[C@H](O)[C@H]4O[C@@H]4OC[C@@H](O)[C@H](O)[C@H]4O)CC23C)O1. The summed E-state index contributed by atoms with van der Waals surface area (Å²) < 4.78 is 31.6. The molecule has 0 aromatic carbocycles. The van der Waals surface area contributed by atoms with Crippen LogP contribution in [0, 0.1) is 45.3 Å². The van der Waals surface area contributed by atoms with E-state index in [1.807, 2.05) is 0 Å². The van der Waals surface area contributed by atoms with Crippen LogP contribution in [-0.2, 0) is 23.7 Å². The van der Waals surface area contributed by atoms with Gasteiger partial charge in [-0.1, -0.05) is 34.6 Å². The maximum absolute atomic E-state index is 12.4. The number of rotatable bonds is 7. The third kappa shape index (κ3) is 6.50. The summed E-state index contributed by atoms with van der Waals surface area (Å²) in [5.74, 6) is -0.233. The smallest absolute Gasteiger partial charge is 0.187 e. The van der Waals surface area contributed by atoms with Gasteiger partial charge in [-0.2, -0.15) is 0 Å². The molecule has 21 atom stereocenters. The van der Waals surface area contributed by atoms with Crippen LogP contribution in [-0.4, -0.2) is 150 Å². The van der Waals surface area contributed by atoms with Crippen molar-refractivity contribution in [2.45, 2.75) is 198 Å². The van der Waals surface area contributed by atoms with E-state index in [0.29, 0.717) is 25.7 Å². The zero-order chi connectivity index (χ0) is 40.4. The summed E-state index contributed by atoms with van der Waals surface area (Å²) in [5.41, 5.74) is -3.33. The van der Waals surface area contributed by atoms with Gasteiger partial charge in [-0.25, -0.2) is 0 Å². The lowest BCUT2D eigenvalue weighted by Gasteiger charge is -2.72. The lowest BCUT2D eigenvalue weighted by atomic mass is 9.34. The van der Waals surface area contributed by atoms with Crippen molar-refractivity contribution in [2.24, 2.45) is 45.3 Å². The van der Waals surface area contributed by atoms with E-state index in [1.54, 1.807) is 13.8 Å². The molecule has 9 N–H and O–H groups in total. The Morgan fingerprint density at radius 2 is 1.44 bits per heavy atom. The Labute approximate surface area is 325 Å². The first-order valence-corrected chi connectivity index (χ1v) is 20.8. The van der Waals surface area contributed by atoms with Gasteiger partial charge >= 0.3 is 0 Å². The summed E-state index contributed by atoms with van der Waals surface area (Å²) in [6.07, 6.45) is -9.89. The van der Waals surface area contributed by atoms with E-state index in [-0.39, 0.29) is 41.8 Å². The Kier molecular flexibility index (Phi) is 11.1. The first-order chi connectivity index (χ1) is 25.4. The Morgan fingerprint density at radius 3 is 2.07 bits per heavy atom. The zero-order valence-electron chi connectivity index (χ0n) is 34.0. The molecule has 3 aliphatic heterocycles. The third-order valence-corrected chi connectivity index (χ3v) is 17.0. The van der Waals surface area contributed by atoms with Crippen LogP contribution in [0.4, 0.5) is 0 Å². The molecule has 7 aliphatic rings. The van der Waals surface area contributed by atoms with E-state index in [4.69, 9.17) is 23.7 Å². The minimum atomic E-state index is -1.68. The van der Waals surface area contributed by atoms with Gasteiger partial charge in [-0.15, -0.1) is 0 Å². The van der Waals surface area contributed by atoms with Gasteiger partial charge in [0.1, 0.15) is 42.7 Å². The number of hydrogen-bond acceptors (Lipinski definition) is 14. The molecule has 0 spiro atoms. The minimum Gasteiger partial charge on any atom is -0.394 e. The molecule has 3 saturated heterocycles. The monoisotopic (exact) mass is 786 g/mol. The lowest BCUT2D eigenvalue weighted by molar-refractivity contribution is -0.377. The third-order valence-electron chi connectivity index (χ3n) is 17.0. The first-order valence-electron chi connectivity index (χ1n) is 20.8. The molecule has 7 rings (SSSR count). The van der Waals surface area contributed by atoms with Crippen LogP contribution in [0.25, 0.3) is 0 Å². The maximum atomic E-state index is 12.4. The number of aliphatic hydroxyl groups is 9. The van der Waals surface area contributed by atoms with Gasteiger partial charge in [-0.05, 0) is 117 Å². The molecular weight excluding hydrogens is 716 g/mol. The molecule has 14 nitrogen and oxygen atoms in total. The number of fused-ring (bicyclic) bond motifs is 5. The van der Waals surface area contributed by atoms with Crippen molar-refractivity contribution in [3.05, 3.63) is 0 Å². The maximum Gasteiger partial charge on any atom is 0.187 e. The summed E-state index contributed by atoms with van der Waals surface area (Å²) in [6.45, 7) is 15.8. The molecular formula is C41H70O14. The van der Waals surface area contributed by atoms with Gasteiger partial charge in [0.15, 0.2) is 12.6 Å². The van der Waals surface area contributed by atoms with Crippen LogP contribution in [0.3, 0.4) is 0 Å². The average Bonchev–Trinajstić information content (AvgIpc) is 3.70. The molecule has 0 amide bonds. The Hall–Kier alpha value is -0.560. The molecule has 0 aromatic heterocycles. The quantitative estimate of drug-likeness (QED) is 0.164. The van der Waals surface area contributed by atoms with Crippen LogP contribution in [0.2, 0.25) is 0 Å². The van der Waals surface area contributed by atoms with Crippen LogP contribution in [0.15, 0.2) is 0 Å². The fourth-order valence-corrected chi connectivity index (χ4v) is 13.9. The average molecular weight is 787 g/mol. The highest BCUT2D eigenvalue weighted by atomic mass is 16.8. The van der Waals surface area contributed by atoms with E-state index in [9.17, 15) is 46.0 Å². The largest absolute Gasteiger partial charge is 0.394 e. The van der Waals surface area contributed by atoms with E-state index >= 15 is 0 Å². The van der Waals surface area contributed by atoms with Crippen molar-refractivity contribution < 1.29 is 69.6 Å². The second-order valence-electron chi connectivity index (χ2n) is 20.8. The summed E-state index contributed by atoms with van der Waals surface area (Å²) >= 11 is 0. The highest BCUT2D eigenvalue weighted by Crippen LogP contribution is 2.76. The van der Waals surface area contributed by atoms with E-state index < -0.39 is 108 Å². The van der Waals surface area contributed by atoms with E-state index in [1.165, 1.54) is 0 Å². The van der Waals surface area contributed by atoms with E-state index in [2.05, 4.69) is 41.5 Å². The zero-order valence-corrected chi connectivity index (χ0v) is 34.0. The summed E-state index contributed by atoms with van der Waals surface area (Å²) in [4.78, 5) is 0. The highest BCUT2D eigenvalue weighted by molar-refractivity contribution is 5.22. The fourth-order valence-electron chi connectivity index (χ4n) is 13.9. The van der Waals surface area contributed by atoms with Crippen LogP contribution in [0.1, 0.15) is 107 Å².